The highest BCUT2D eigenvalue weighted by atomic mass is 16.5. The molecule has 0 aliphatic heterocycles. The van der Waals surface area contributed by atoms with Crippen molar-refractivity contribution in [1.29, 1.82) is 0 Å². The standard InChI is InChI=1S/C21H22N4O5/c1-3-29-21(28)17-13-23-25(14(17)2)16-7-4-6-15(12-16)24-19(26)9-10-22-20(27)18-8-5-11-30-18/h4-8,11-13H,3,9-10H2,1-2H3,(H,22,27)(H,24,26). The van der Waals surface area contributed by atoms with Crippen LogP contribution in [0.5, 0.6) is 0 Å². The molecular weight excluding hydrogens is 388 g/mol. The molecule has 0 unspecified atom stereocenters. The number of furan rings is 1. The van der Waals surface area contributed by atoms with Crippen molar-refractivity contribution in [3.8, 4) is 5.69 Å². The molecule has 1 aromatic carbocycles. The number of esters is 1. The Bertz CT molecular complexity index is 1040. The van der Waals surface area contributed by atoms with E-state index in [1.54, 1.807) is 48.9 Å². The summed E-state index contributed by atoms with van der Waals surface area (Å²) in [6.07, 6.45) is 2.97. The quantitative estimate of drug-likeness (QED) is 0.552. The molecule has 3 aromatic rings. The average molecular weight is 410 g/mol. The van der Waals surface area contributed by atoms with Crippen LogP contribution < -0.4 is 10.6 Å². The Morgan fingerprint density at radius 1 is 1.20 bits per heavy atom. The first-order chi connectivity index (χ1) is 14.5. The number of benzene rings is 1. The molecule has 2 N–H and O–H groups in total. The molecule has 156 valence electrons. The molecule has 9 heteroatoms. The van der Waals surface area contributed by atoms with Crippen LogP contribution >= 0.6 is 0 Å². The number of hydrogen-bond acceptors (Lipinski definition) is 6. The summed E-state index contributed by atoms with van der Waals surface area (Å²) in [6.45, 7) is 3.97. The van der Waals surface area contributed by atoms with Crippen LogP contribution in [-0.4, -0.2) is 40.7 Å². The highest BCUT2D eigenvalue weighted by Gasteiger charge is 2.16. The van der Waals surface area contributed by atoms with E-state index in [9.17, 15) is 14.4 Å². The zero-order valence-electron chi connectivity index (χ0n) is 16.7. The third kappa shape index (κ3) is 4.93. The molecular formula is C21H22N4O5. The smallest absolute Gasteiger partial charge is 0.341 e. The summed E-state index contributed by atoms with van der Waals surface area (Å²) in [6, 6.07) is 10.2. The number of hydrogen-bond donors (Lipinski definition) is 2. The van der Waals surface area contributed by atoms with Gasteiger partial charge < -0.3 is 19.8 Å². The second-order valence-corrected chi connectivity index (χ2v) is 6.36. The van der Waals surface area contributed by atoms with Gasteiger partial charge in [-0.25, -0.2) is 9.48 Å². The van der Waals surface area contributed by atoms with E-state index < -0.39 is 5.97 Å². The summed E-state index contributed by atoms with van der Waals surface area (Å²) in [5.41, 5.74) is 2.28. The molecule has 0 saturated carbocycles. The van der Waals surface area contributed by atoms with Gasteiger partial charge in [-0.3, -0.25) is 9.59 Å². The van der Waals surface area contributed by atoms with Gasteiger partial charge in [0.2, 0.25) is 5.91 Å². The predicted molar refractivity (Wildman–Crippen MR) is 109 cm³/mol. The summed E-state index contributed by atoms with van der Waals surface area (Å²) in [4.78, 5) is 36.0. The maximum absolute atomic E-state index is 12.2. The molecule has 30 heavy (non-hydrogen) atoms. The van der Waals surface area contributed by atoms with Gasteiger partial charge in [0.05, 0.1) is 30.4 Å². The summed E-state index contributed by atoms with van der Waals surface area (Å²) in [7, 11) is 0. The van der Waals surface area contributed by atoms with Gasteiger partial charge in [-0.1, -0.05) is 6.07 Å². The number of anilines is 1. The topological polar surface area (TPSA) is 115 Å². The summed E-state index contributed by atoms with van der Waals surface area (Å²) < 4.78 is 11.6. The third-order valence-corrected chi connectivity index (χ3v) is 4.26. The molecule has 3 rings (SSSR count). The molecule has 0 aliphatic rings. The number of ether oxygens (including phenoxy) is 1. The van der Waals surface area contributed by atoms with E-state index in [2.05, 4.69) is 15.7 Å². The molecule has 0 saturated heterocycles. The van der Waals surface area contributed by atoms with Gasteiger partial charge in [0.1, 0.15) is 5.56 Å². The fourth-order valence-corrected chi connectivity index (χ4v) is 2.80. The van der Waals surface area contributed by atoms with E-state index in [0.29, 0.717) is 22.6 Å². The van der Waals surface area contributed by atoms with E-state index in [1.807, 2.05) is 6.07 Å². The average Bonchev–Trinajstić information content (AvgIpc) is 3.38. The van der Waals surface area contributed by atoms with Crippen LogP contribution in [-0.2, 0) is 9.53 Å². The first-order valence-electron chi connectivity index (χ1n) is 9.43. The maximum Gasteiger partial charge on any atom is 0.341 e. The highest BCUT2D eigenvalue weighted by molar-refractivity contribution is 5.93. The predicted octanol–water partition coefficient (Wildman–Crippen LogP) is 2.71. The van der Waals surface area contributed by atoms with Crippen molar-refractivity contribution in [3.63, 3.8) is 0 Å². The van der Waals surface area contributed by atoms with Gasteiger partial charge in [-0.2, -0.15) is 5.10 Å². The lowest BCUT2D eigenvalue weighted by Gasteiger charge is -2.09. The third-order valence-electron chi connectivity index (χ3n) is 4.26. The SMILES string of the molecule is CCOC(=O)c1cnn(-c2cccc(NC(=O)CCNC(=O)c3ccco3)c2)c1C. The highest BCUT2D eigenvalue weighted by Crippen LogP contribution is 2.18. The lowest BCUT2D eigenvalue weighted by atomic mass is 10.2. The van der Waals surface area contributed by atoms with Crippen LogP contribution in [0.4, 0.5) is 5.69 Å². The lowest BCUT2D eigenvalue weighted by molar-refractivity contribution is -0.116. The van der Waals surface area contributed by atoms with Gasteiger partial charge in [0.25, 0.3) is 5.91 Å². The fraction of sp³-hybridized carbons (Fsp3) is 0.238. The Labute approximate surface area is 173 Å². The molecule has 9 nitrogen and oxygen atoms in total. The minimum Gasteiger partial charge on any atom is -0.462 e. The number of carbonyl (C=O) groups excluding carboxylic acids is 3. The van der Waals surface area contributed by atoms with Crippen LogP contribution in [0.1, 0.15) is 40.0 Å². The molecule has 0 fully saturated rings. The Hall–Kier alpha value is -3.88. The molecule has 0 spiro atoms. The summed E-state index contributed by atoms with van der Waals surface area (Å²) in [5.74, 6) is -0.861. The van der Waals surface area contributed by atoms with Crippen molar-refractivity contribution in [2.24, 2.45) is 0 Å². The van der Waals surface area contributed by atoms with Crippen molar-refractivity contribution >= 4 is 23.5 Å². The van der Waals surface area contributed by atoms with E-state index >= 15 is 0 Å². The van der Waals surface area contributed by atoms with E-state index in [-0.39, 0.29) is 37.1 Å². The van der Waals surface area contributed by atoms with Crippen molar-refractivity contribution in [1.82, 2.24) is 15.1 Å². The number of nitrogens with zero attached hydrogens (tertiary/aromatic N) is 2. The zero-order chi connectivity index (χ0) is 21.5. The van der Waals surface area contributed by atoms with Gasteiger partial charge >= 0.3 is 5.97 Å². The van der Waals surface area contributed by atoms with Crippen molar-refractivity contribution in [3.05, 3.63) is 65.9 Å². The van der Waals surface area contributed by atoms with Crippen LogP contribution in [0.25, 0.3) is 5.69 Å². The van der Waals surface area contributed by atoms with Gasteiger partial charge in [-0.05, 0) is 44.2 Å². The van der Waals surface area contributed by atoms with Gasteiger partial charge in [0, 0.05) is 18.7 Å². The van der Waals surface area contributed by atoms with E-state index in [1.165, 1.54) is 12.5 Å². The molecule has 0 atom stereocenters. The molecule has 2 heterocycles. The van der Waals surface area contributed by atoms with Crippen LogP contribution in [0.2, 0.25) is 0 Å². The summed E-state index contributed by atoms with van der Waals surface area (Å²) in [5, 5.41) is 9.65. The number of carbonyl (C=O) groups is 3. The number of amides is 2. The molecule has 0 aliphatic carbocycles. The Morgan fingerprint density at radius 3 is 2.77 bits per heavy atom. The first-order valence-corrected chi connectivity index (χ1v) is 9.43. The van der Waals surface area contributed by atoms with Crippen LogP contribution in [0, 0.1) is 6.92 Å². The zero-order valence-corrected chi connectivity index (χ0v) is 16.7. The normalized spacial score (nSPS) is 10.5. The number of nitrogens with one attached hydrogen (secondary N) is 2. The Morgan fingerprint density at radius 2 is 2.03 bits per heavy atom. The van der Waals surface area contributed by atoms with Crippen LogP contribution in [0.3, 0.4) is 0 Å². The van der Waals surface area contributed by atoms with E-state index in [4.69, 9.17) is 9.15 Å². The number of aromatic nitrogens is 2. The van der Waals surface area contributed by atoms with Crippen molar-refractivity contribution < 1.29 is 23.5 Å². The Balaban J connectivity index is 1.60. The van der Waals surface area contributed by atoms with Gasteiger partial charge in [-0.15, -0.1) is 0 Å². The van der Waals surface area contributed by atoms with Crippen molar-refractivity contribution in [2.75, 3.05) is 18.5 Å². The van der Waals surface area contributed by atoms with Crippen molar-refractivity contribution in [2.45, 2.75) is 20.3 Å². The van der Waals surface area contributed by atoms with Crippen LogP contribution in [0.15, 0.2) is 53.3 Å². The number of rotatable bonds is 8. The minimum absolute atomic E-state index is 0.102. The molecule has 2 aromatic heterocycles. The fourth-order valence-electron chi connectivity index (χ4n) is 2.80. The molecule has 2 amide bonds. The first kappa shape index (κ1) is 20.8. The Kier molecular flexibility index (Phi) is 6.63. The van der Waals surface area contributed by atoms with E-state index in [0.717, 1.165) is 0 Å². The molecule has 0 bridgehead atoms. The monoisotopic (exact) mass is 410 g/mol. The second-order valence-electron chi connectivity index (χ2n) is 6.36. The van der Waals surface area contributed by atoms with Gasteiger partial charge in [0.15, 0.2) is 5.76 Å². The second kappa shape index (κ2) is 9.55. The minimum atomic E-state index is -0.428. The summed E-state index contributed by atoms with van der Waals surface area (Å²) >= 11 is 0. The lowest BCUT2D eigenvalue weighted by Crippen LogP contribution is -2.27. The maximum atomic E-state index is 12.2. The molecule has 0 radical (unpaired) electrons. The largest absolute Gasteiger partial charge is 0.462 e.